The lowest BCUT2D eigenvalue weighted by Crippen LogP contribution is -2.09. The fourth-order valence-corrected chi connectivity index (χ4v) is 1.99. The highest BCUT2D eigenvalue weighted by atomic mass is 35.5. The van der Waals surface area contributed by atoms with Crippen molar-refractivity contribution in [2.24, 2.45) is 0 Å². The van der Waals surface area contributed by atoms with Crippen molar-refractivity contribution in [2.75, 3.05) is 5.32 Å². The summed E-state index contributed by atoms with van der Waals surface area (Å²) in [5.41, 5.74) is 1.81. The Morgan fingerprint density at radius 1 is 1.25 bits per heavy atom. The maximum atomic E-state index is 11.5. The Bertz CT molecular complexity index is 426. The predicted molar refractivity (Wildman–Crippen MR) is 66.6 cm³/mol. The molecule has 0 saturated heterocycles. The highest BCUT2D eigenvalue weighted by molar-refractivity contribution is 6.30. The molecular formula is C13H14ClNO. The fraction of sp³-hybridized carbons (Fsp3) is 0.308. The van der Waals surface area contributed by atoms with E-state index in [4.69, 9.17) is 11.6 Å². The minimum Gasteiger partial charge on any atom is -0.361 e. The number of carbonyl (C=O) groups excluding carboxylic acids is 1. The van der Waals surface area contributed by atoms with Gasteiger partial charge in [0.05, 0.1) is 0 Å². The van der Waals surface area contributed by atoms with E-state index in [1.54, 1.807) is 0 Å². The van der Waals surface area contributed by atoms with Gasteiger partial charge in [0, 0.05) is 28.9 Å². The maximum absolute atomic E-state index is 11.5. The van der Waals surface area contributed by atoms with Gasteiger partial charge in [-0.05, 0) is 37.5 Å². The van der Waals surface area contributed by atoms with Crippen LogP contribution in [0.5, 0.6) is 0 Å². The summed E-state index contributed by atoms with van der Waals surface area (Å²) in [7, 11) is 0. The number of nitrogens with one attached hydrogen (secondary N) is 1. The van der Waals surface area contributed by atoms with Crippen LogP contribution in [0.2, 0.25) is 5.02 Å². The van der Waals surface area contributed by atoms with Crippen molar-refractivity contribution in [3.63, 3.8) is 0 Å². The zero-order valence-electron chi connectivity index (χ0n) is 9.00. The normalized spacial score (nSPS) is 18.8. The number of hydrogen-bond acceptors (Lipinski definition) is 2. The largest absolute Gasteiger partial charge is 0.361 e. The summed E-state index contributed by atoms with van der Waals surface area (Å²) in [4.78, 5) is 11.5. The van der Waals surface area contributed by atoms with Gasteiger partial charge in [0.2, 0.25) is 0 Å². The summed E-state index contributed by atoms with van der Waals surface area (Å²) in [6, 6.07) is 7.47. The number of hydrogen-bond donors (Lipinski definition) is 1. The summed E-state index contributed by atoms with van der Waals surface area (Å²) in [6.45, 7) is 0. The predicted octanol–water partition coefficient (Wildman–Crippen LogP) is 3.78. The lowest BCUT2D eigenvalue weighted by atomic mass is 9.94. The van der Waals surface area contributed by atoms with Crippen LogP contribution in [0, 0.1) is 0 Å². The molecule has 2 rings (SSSR count). The van der Waals surface area contributed by atoms with Gasteiger partial charge < -0.3 is 5.32 Å². The maximum Gasteiger partial charge on any atom is 0.160 e. The molecule has 3 heteroatoms. The molecule has 0 heterocycles. The first-order valence-electron chi connectivity index (χ1n) is 5.50. The van der Waals surface area contributed by atoms with Crippen molar-refractivity contribution in [1.82, 2.24) is 0 Å². The molecule has 0 unspecified atom stereocenters. The number of carbonyl (C=O) groups is 1. The SMILES string of the molecule is O=C1CCCCC1=CNc1cccc(Cl)c1. The van der Waals surface area contributed by atoms with E-state index in [0.29, 0.717) is 11.4 Å². The van der Waals surface area contributed by atoms with E-state index in [1.807, 2.05) is 30.5 Å². The molecule has 1 aromatic carbocycles. The van der Waals surface area contributed by atoms with Crippen LogP contribution in [0.15, 0.2) is 36.0 Å². The van der Waals surface area contributed by atoms with Gasteiger partial charge in [0.25, 0.3) is 0 Å². The lowest BCUT2D eigenvalue weighted by molar-refractivity contribution is -0.116. The van der Waals surface area contributed by atoms with Gasteiger partial charge in [-0.25, -0.2) is 0 Å². The Labute approximate surface area is 100 Å². The molecular weight excluding hydrogens is 222 g/mol. The minimum atomic E-state index is 0.265. The second kappa shape index (κ2) is 5.17. The monoisotopic (exact) mass is 235 g/mol. The molecule has 1 saturated carbocycles. The summed E-state index contributed by atoms with van der Waals surface area (Å²) in [5, 5.41) is 3.81. The number of ketones is 1. The molecule has 0 atom stereocenters. The molecule has 0 aromatic heterocycles. The number of Topliss-reactive ketones (excluding diaryl/α,β-unsaturated/α-hetero) is 1. The quantitative estimate of drug-likeness (QED) is 0.791. The van der Waals surface area contributed by atoms with Crippen molar-refractivity contribution < 1.29 is 4.79 Å². The van der Waals surface area contributed by atoms with Crippen LogP contribution in [-0.4, -0.2) is 5.78 Å². The van der Waals surface area contributed by atoms with Crippen LogP contribution in [0.25, 0.3) is 0 Å². The average Bonchev–Trinajstić information content (AvgIpc) is 2.28. The third kappa shape index (κ3) is 2.86. The number of benzene rings is 1. The van der Waals surface area contributed by atoms with E-state index in [-0.39, 0.29) is 5.78 Å². The number of rotatable bonds is 2. The molecule has 1 fully saturated rings. The van der Waals surface area contributed by atoms with Crippen molar-refractivity contribution in [2.45, 2.75) is 25.7 Å². The second-order valence-electron chi connectivity index (χ2n) is 3.95. The smallest absolute Gasteiger partial charge is 0.160 e. The zero-order chi connectivity index (χ0) is 11.4. The average molecular weight is 236 g/mol. The third-order valence-electron chi connectivity index (χ3n) is 2.70. The first-order valence-corrected chi connectivity index (χ1v) is 5.88. The van der Waals surface area contributed by atoms with E-state index in [2.05, 4.69) is 5.32 Å². The van der Waals surface area contributed by atoms with Gasteiger partial charge in [-0.2, -0.15) is 0 Å². The molecule has 1 aliphatic rings. The van der Waals surface area contributed by atoms with Gasteiger partial charge >= 0.3 is 0 Å². The number of allylic oxidation sites excluding steroid dienone is 1. The highest BCUT2D eigenvalue weighted by Crippen LogP contribution is 2.20. The van der Waals surface area contributed by atoms with Crippen LogP contribution < -0.4 is 5.32 Å². The molecule has 0 spiro atoms. The van der Waals surface area contributed by atoms with Crippen molar-refractivity contribution in [3.8, 4) is 0 Å². The molecule has 0 amide bonds. The van der Waals surface area contributed by atoms with Gasteiger partial charge in [-0.1, -0.05) is 17.7 Å². The van der Waals surface area contributed by atoms with E-state index in [1.165, 1.54) is 0 Å². The molecule has 1 N–H and O–H groups in total. The molecule has 1 aliphatic carbocycles. The third-order valence-corrected chi connectivity index (χ3v) is 2.93. The number of anilines is 1. The van der Waals surface area contributed by atoms with E-state index >= 15 is 0 Å². The van der Waals surface area contributed by atoms with Gasteiger partial charge in [-0.15, -0.1) is 0 Å². The Hall–Kier alpha value is -1.28. The van der Waals surface area contributed by atoms with Crippen molar-refractivity contribution >= 4 is 23.1 Å². The van der Waals surface area contributed by atoms with Gasteiger partial charge in [0.15, 0.2) is 5.78 Å². The second-order valence-corrected chi connectivity index (χ2v) is 4.39. The molecule has 2 nitrogen and oxygen atoms in total. The fourth-order valence-electron chi connectivity index (χ4n) is 1.80. The van der Waals surface area contributed by atoms with Crippen molar-refractivity contribution in [1.29, 1.82) is 0 Å². The summed E-state index contributed by atoms with van der Waals surface area (Å²) in [5.74, 6) is 0.265. The Kier molecular flexibility index (Phi) is 3.62. The van der Waals surface area contributed by atoms with Crippen LogP contribution in [0.4, 0.5) is 5.69 Å². The van der Waals surface area contributed by atoms with E-state index in [9.17, 15) is 4.79 Å². The molecule has 0 radical (unpaired) electrons. The van der Waals surface area contributed by atoms with Crippen LogP contribution in [0.3, 0.4) is 0 Å². The molecule has 84 valence electrons. The van der Waals surface area contributed by atoms with Crippen LogP contribution in [0.1, 0.15) is 25.7 Å². The van der Waals surface area contributed by atoms with Gasteiger partial charge in [-0.3, -0.25) is 4.79 Å². The molecule has 1 aromatic rings. The Morgan fingerprint density at radius 2 is 2.06 bits per heavy atom. The van der Waals surface area contributed by atoms with E-state index in [0.717, 1.165) is 30.5 Å². The molecule has 0 bridgehead atoms. The summed E-state index contributed by atoms with van der Waals surface area (Å²) >= 11 is 5.87. The van der Waals surface area contributed by atoms with Gasteiger partial charge in [0.1, 0.15) is 0 Å². The number of halogens is 1. The van der Waals surface area contributed by atoms with Crippen LogP contribution >= 0.6 is 11.6 Å². The molecule has 0 aliphatic heterocycles. The van der Waals surface area contributed by atoms with E-state index < -0.39 is 0 Å². The summed E-state index contributed by atoms with van der Waals surface area (Å²) in [6.07, 6.45) is 5.50. The standard InChI is InChI=1S/C13H14ClNO/c14-11-5-3-6-12(8-11)15-9-10-4-1-2-7-13(10)16/h3,5-6,8-9,15H,1-2,4,7H2. The summed E-state index contributed by atoms with van der Waals surface area (Å²) < 4.78 is 0. The minimum absolute atomic E-state index is 0.265. The van der Waals surface area contributed by atoms with Crippen molar-refractivity contribution in [3.05, 3.63) is 41.1 Å². The zero-order valence-corrected chi connectivity index (χ0v) is 9.76. The topological polar surface area (TPSA) is 29.1 Å². The first kappa shape index (κ1) is 11.2. The highest BCUT2D eigenvalue weighted by Gasteiger charge is 2.14. The Morgan fingerprint density at radius 3 is 2.81 bits per heavy atom. The Balaban J connectivity index is 2.05. The first-order chi connectivity index (χ1) is 7.75. The lowest BCUT2D eigenvalue weighted by Gasteiger charge is -2.12. The molecule has 16 heavy (non-hydrogen) atoms. The van der Waals surface area contributed by atoms with Crippen LogP contribution in [-0.2, 0) is 4.79 Å².